The van der Waals surface area contributed by atoms with Gasteiger partial charge in [0.2, 0.25) is 0 Å². The van der Waals surface area contributed by atoms with Crippen LogP contribution in [0.4, 0.5) is 20.3 Å². The maximum Gasteiger partial charge on any atom is 0.195 e. The standard InChI is InChI=1S/C31H34F2N4O5/c1-19-9-21(3-4-23(19)32)36-30-22-10-20(27(12-25(22)34-18-35-30)42-17-31(2)15-39-16-31)11-26(38)24(33)5-6-37-13-28-29(14-37)41-8-7-40-28/h3-5,9-10,12,18,28-29H,6-8,11,13-17H2,1-2H3,(H,34,35,36)/b24-5+/t28-,29-/m0/s1. The molecule has 222 valence electrons. The molecule has 0 radical (unpaired) electrons. The molecule has 4 heterocycles. The fourth-order valence-electron chi connectivity index (χ4n) is 5.41. The van der Waals surface area contributed by atoms with Gasteiger partial charge < -0.3 is 24.3 Å². The number of nitrogens with one attached hydrogen (secondary N) is 1. The molecule has 0 saturated carbocycles. The molecule has 2 atom stereocenters. The first-order chi connectivity index (χ1) is 20.3. The number of anilines is 2. The van der Waals surface area contributed by atoms with Gasteiger partial charge in [0.25, 0.3) is 0 Å². The predicted molar refractivity (Wildman–Crippen MR) is 152 cm³/mol. The normalized spacial score (nSPS) is 22.0. The molecule has 3 saturated heterocycles. The molecule has 3 aliphatic rings. The molecule has 0 unspecified atom stereocenters. The van der Waals surface area contributed by atoms with Crippen LogP contribution in [0.15, 0.2) is 48.6 Å². The Morgan fingerprint density at radius 1 is 1.17 bits per heavy atom. The molecule has 1 N–H and O–H groups in total. The largest absolute Gasteiger partial charge is 0.492 e. The number of likely N-dealkylation sites (tertiary alicyclic amines) is 1. The van der Waals surface area contributed by atoms with Crippen molar-refractivity contribution in [1.82, 2.24) is 14.9 Å². The number of allylic oxidation sites excluding steroid dienone is 1. The fourth-order valence-corrected chi connectivity index (χ4v) is 5.41. The van der Waals surface area contributed by atoms with Gasteiger partial charge in [0, 0.05) is 54.2 Å². The second-order valence-electron chi connectivity index (χ2n) is 11.6. The third-order valence-electron chi connectivity index (χ3n) is 7.90. The van der Waals surface area contributed by atoms with Crippen LogP contribution in [0.1, 0.15) is 18.1 Å². The third kappa shape index (κ3) is 6.29. The molecule has 0 aliphatic carbocycles. The van der Waals surface area contributed by atoms with E-state index < -0.39 is 11.6 Å². The molecule has 0 bridgehead atoms. The summed E-state index contributed by atoms with van der Waals surface area (Å²) in [5.74, 6) is -0.830. The van der Waals surface area contributed by atoms with Gasteiger partial charge in [-0.1, -0.05) is 6.92 Å². The van der Waals surface area contributed by atoms with Crippen LogP contribution in [-0.4, -0.2) is 85.5 Å². The predicted octanol–water partition coefficient (Wildman–Crippen LogP) is 4.30. The van der Waals surface area contributed by atoms with Crippen molar-refractivity contribution in [3.8, 4) is 5.75 Å². The minimum Gasteiger partial charge on any atom is -0.492 e. The summed E-state index contributed by atoms with van der Waals surface area (Å²) in [4.78, 5) is 23.9. The topological polar surface area (TPSA) is 95.0 Å². The number of hydrogen-bond donors (Lipinski definition) is 1. The van der Waals surface area contributed by atoms with Crippen LogP contribution < -0.4 is 10.1 Å². The summed E-state index contributed by atoms with van der Waals surface area (Å²) in [6, 6.07) is 8.19. The van der Waals surface area contributed by atoms with Crippen molar-refractivity contribution in [3.05, 3.63) is 65.5 Å². The minimum absolute atomic E-state index is 0.0185. The summed E-state index contributed by atoms with van der Waals surface area (Å²) in [5.41, 5.74) is 2.10. The Labute approximate surface area is 242 Å². The van der Waals surface area contributed by atoms with E-state index in [2.05, 4.69) is 22.2 Å². The van der Waals surface area contributed by atoms with Crippen molar-refractivity contribution in [2.24, 2.45) is 5.41 Å². The van der Waals surface area contributed by atoms with Gasteiger partial charge in [-0.25, -0.2) is 18.7 Å². The number of nitrogens with zero attached hydrogens (tertiary/aromatic N) is 3. The van der Waals surface area contributed by atoms with Crippen LogP contribution in [0.2, 0.25) is 0 Å². The van der Waals surface area contributed by atoms with Crippen LogP contribution in [0.5, 0.6) is 5.75 Å². The number of benzene rings is 2. The van der Waals surface area contributed by atoms with E-state index in [1.807, 2.05) is 4.90 Å². The Kier molecular flexibility index (Phi) is 8.17. The number of fused-ring (bicyclic) bond motifs is 2. The maximum atomic E-state index is 15.1. The number of carbonyl (C=O) groups excluding carboxylic acids is 1. The SMILES string of the molecule is Cc1cc(Nc2ncnc3cc(OCC4(C)COC4)c(CC(=O)/C(F)=C\CN4C[C@@H]5OCCO[C@H]5C4)cc23)ccc1F. The number of ether oxygens (including phenoxy) is 4. The number of hydrogen-bond acceptors (Lipinski definition) is 9. The van der Waals surface area contributed by atoms with E-state index in [0.29, 0.717) is 85.4 Å². The highest BCUT2D eigenvalue weighted by molar-refractivity contribution is 5.97. The summed E-state index contributed by atoms with van der Waals surface area (Å²) < 4.78 is 51.9. The number of carbonyl (C=O) groups is 1. The molecular formula is C31H34F2N4O5. The highest BCUT2D eigenvalue weighted by Gasteiger charge is 2.36. The van der Waals surface area contributed by atoms with Gasteiger partial charge in [0.15, 0.2) is 11.6 Å². The first kappa shape index (κ1) is 28.6. The molecule has 2 aromatic carbocycles. The van der Waals surface area contributed by atoms with E-state index in [1.165, 1.54) is 18.5 Å². The summed E-state index contributed by atoms with van der Waals surface area (Å²) in [6.45, 7) is 7.96. The second-order valence-corrected chi connectivity index (χ2v) is 11.6. The van der Waals surface area contributed by atoms with Crippen LogP contribution >= 0.6 is 0 Å². The lowest BCUT2D eigenvalue weighted by Gasteiger charge is -2.37. The zero-order chi connectivity index (χ0) is 29.3. The van der Waals surface area contributed by atoms with Crippen LogP contribution in [0.3, 0.4) is 0 Å². The first-order valence-corrected chi connectivity index (χ1v) is 14.1. The number of aromatic nitrogens is 2. The van der Waals surface area contributed by atoms with E-state index in [9.17, 15) is 9.18 Å². The van der Waals surface area contributed by atoms with Crippen molar-refractivity contribution in [1.29, 1.82) is 0 Å². The summed E-state index contributed by atoms with van der Waals surface area (Å²) in [6.07, 6.45) is 2.50. The molecule has 3 aromatic rings. The van der Waals surface area contributed by atoms with E-state index in [4.69, 9.17) is 18.9 Å². The van der Waals surface area contributed by atoms with Gasteiger partial charge in [-0.05, 0) is 42.8 Å². The molecule has 3 fully saturated rings. The van der Waals surface area contributed by atoms with Crippen LogP contribution in [0, 0.1) is 18.2 Å². The van der Waals surface area contributed by atoms with Gasteiger partial charge in [-0.3, -0.25) is 9.69 Å². The van der Waals surface area contributed by atoms with E-state index >= 15 is 4.39 Å². The Morgan fingerprint density at radius 2 is 1.93 bits per heavy atom. The summed E-state index contributed by atoms with van der Waals surface area (Å²) >= 11 is 0. The number of aryl methyl sites for hydroxylation is 1. The number of Topliss-reactive ketones (excluding diaryl/α,β-unsaturated/α-hetero) is 1. The average Bonchev–Trinajstić information content (AvgIpc) is 3.39. The molecule has 6 rings (SSSR count). The summed E-state index contributed by atoms with van der Waals surface area (Å²) in [5, 5.41) is 3.84. The third-order valence-corrected chi connectivity index (χ3v) is 7.90. The summed E-state index contributed by atoms with van der Waals surface area (Å²) in [7, 11) is 0. The highest BCUT2D eigenvalue weighted by Crippen LogP contribution is 2.34. The second kappa shape index (κ2) is 12.0. The lowest BCUT2D eigenvalue weighted by atomic mass is 9.90. The van der Waals surface area contributed by atoms with Gasteiger partial charge in [-0.2, -0.15) is 0 Å². The highest BCUT2D eigenvalue weighted by atomic mass is 19.1. The molecule has 1 aromatic heterocycles. The smallest absolute Gasteiger partial charge is 0.195 e. The van der Waals surface area contributed by atoms with E-state index in [-0.39, 0.29) is 36.4 Å². The van der Waals surface area contributed by atoms with Crippen LogP contribution in [-0.2, 0) is 25.4 Å². The molecule has 0 amide bonds. The lowest BCUT2D eigenvalue weighted by molar-refractivity contribution is -0.120. The van der Waals surface area contributed by atoms with Crippen molar-refractivity contribution in [3.63, 3.8) is 0 Å². The number of rotatable bonds is 10. The zero-order valence-corrected chi connectivity index (χ0v) is 23.7. The van der Waals surface area contributed by atoms with Crippen molar-refractivity contribution >= 4 is 28.2 Å². The average molecular weight is 581 g/mol. The minimum atomic E-state index is -0.804. The number of ketones is 1. The molecular weight excluding hydrogens is 546 g/mol. The number of halogens is 2. The molecule has 42 heavy (non-hydrogen) atoms. The molecule has 0 spiro atoms. The fraction of sp³-hybridized carbons (Fsp3) is 0.452. The van der Waals surface area contributed by atoms with E-state index in [0.717, 1.165) is 0 Å². The van der Waals surface area contributed by atoms with Gasteiger partial charge in [0.1, 0.15) is 23.7 Å². The maximum absolute atomic E-state index is 15.1. The van der Waals surface area contributed by atoms with Crippen molar-refractivity contribution < 1.29 is 32.5 Å². The lowest BCUT2D eigenvalue weighted by Crippen LogP contribution is -2.44. The van der Waals surface area contributed by atoms with E-state index in [1.54, 1.807) is 31.2 Å². The van der Waals surface area contributed by atoms with Crippen LogP contribution in [0.25, 0.3) is 10.9 Å². The van der Waals surface area contributed by atoms with Crippen molar-refractivity contribution in [2.45, 2.75) is 32.5 Å². The monoisotopic (exact) mass is 580 g/mol. The molecule has 9 nitrogen and oxygen atoms in total. The Hall–Kier alpha value is -3.51. The first-order valence-electron chi connectivity index (χ1n) is 14.1. The van der Waals surface area contributed by atoms with Gasteiger partial charge in [0.05, 0.1) is 50.8 Å². The molecule has 3 aliphatic heterocycles. The quantitative estimate of drug-likeness (QED) is 0.352. The van der Waals surface area contributed by atoms with Crippen molar-refractivity contribution in [2.75, 3.05) is 58.0 Å². The zero-order valence-electron chi connectivity index (χ0n) is 23.7. The Bertz CT molecular complexity index is 1500. The molecule has 11 heteroatoms. The van der Waals surface area contributed by atoms with Gasteiger partial charge >= 0.3 is 0 Å². The Morgan fingerprint density at radius 3 is 2.62 bits per heavy atom. The Balaban J connectivity index is 1.24. The van der Waals surface area contributed by atoms with Gasteiger partial charge in [-0.15, -0.1) is 0 Å².